The Balaban J connectivity index is 0.00000139. The van der Waals surface area contributed by atoms with Gasteiger partial charge in [-0.15, -0.1) is 0 Å². The molecule has 0 spiro atoms. The zero-order valence-corrected chi connectivity index (χ0v) is 15.3. The van der Waals surface area contributed by atoms with E-state index in [2.05, 4.69) is 5.32 Å². The van der Waals surface area contributed by atoms with Crippen LogP contribution in [-0.2, 0) is 4.74 Å². The first-order valence-corrected chi connectivity index (χ1v) is 8.44. The first-order valence-electron chi connectivity index (χ1n) is 8.44. The second-order valence-corrected chi connectivity index (χ2v) is 6.25. The number of piperazine rings is 1. The minimum absolute atomic E-state index is 0.143. The summed E-state index contributed by atoms with van der Waals surface area (Å²) < 4.78 is 5.34. The van der Waals surface area contributed by atoms with E-state index in [1.165, 1.54) is 0 Å². The summed E-state index contributed by atoms with van der Waals surface area (Å²) in [5, 5.41) is 2.85. The number of nitrogens with one attached hydrogen (secondary N) is 1. The predicted molar refractivity (Wildman–Crippen MR) is 96.2 cm³/mol. The molecule has 6 heteroatoms. The Morgan fingerprint density at radius 3 is 1.96 bits per heavy atom. The van der Waals surface area contributed by atoms with Gasteiger partial charge in [0.05, 0.1) is 0 Å². The molecule has 0 atom stereocenters. The molecule has 1 saturated heterocycles. The molecule has 1 aromatic rings. The van der Waals surface area contributed by atoms with Gasteiger partial charge in [-0.3, -0.25) is 0 Å². The van der Waals surface area contributed by atoms with Gasteiger partial charge < -0.3 is 19.9 Å². The van der Waals surface area contributed by atoms with E-state index >= 15 is 0 Å². The maximum absolute atomic E-state index is 12.2. The number of carbonyl (C=O) groups is 2. The summed E-state index contributed by atoms with van der Waals surface area (Å²) in [6.45, 7) is 11.5. The first kappa shape index (κ1) is 19.8. The average molecular weight is 335 g/mol. The third kappa shape index (κ3) is 6.48. The highest BCUT2D eigenvalue weighted by molar-refractivity contribution is 5.89. The minimum Gasteiger partial charge on any atom is -0.444 e. The number of benzene rings is 1. The lowest BCUT2D eigenvalue weighted by Gasteiger charge is -2.35. The van der Waals surface area contributed by atoms with E-state index < -0.39 is 5.60 Å². The Kier molecular flexibility index (Phi) is 7.55. The standard InChI is InChI=1S/C16H23N3O3.C2H6/c1-16(2,3)22-15(21)19-11-9-18(10-12-19)14(20)17-13-7-5-4-6-8-13;1-2/h4-8H,9-12H2,1-3H3,(H,17,20);1-2H3. The van der Waals surface area contributed by atoms with Crippen molar-refractivity contribution in [1.29, 1.82) is 0 Å². The Bertz CT molecular complexity index is 518. The van der Waals surface area contributed by atoms with Gasteiger partial charge in [0, 0.05) is 31.9 Å². The van der Waals surface area contributed by atoms with E-state index in [1.807, 2.05) is 65.0 Å². The van der Waals surface area contributed by atoms with Crippen LogP contribution in [0, 0.1) is 0 Å². The number of rotatable bonds is 1. The number of urea groups is 1. The molecule has 1 N–H and O–H groups in total. The van der Waals surface area contributed by atoms with Crippen LogP contribution in [-0.4, -0.2) is 53.7 Å². The lowest BCUT2D eigenvalue weighted by molar-refractivity contribution is 0.0174. The van der Waals surface area contributed by atoms with E-state index in [0.717, 1.165) is 5.69 Å². The van der Waals surface area contributed by atoms with Gasteiger partial charge in [-0.1, -0.05) is 32.0 Å². The number of ether oxygens (including phenoxy) is 1. The molecule has 24 heavy (non-hydrogen) atoms. The van der Waals surface area contributed by atoms with Crippen LogP contribution in [0.15, 0.2) is 30.3 Å². The maximum atomic E-state index is 12.2. The number of amides is 3. The molecule has 1 aliphatic rings. The van der Waals surface area contributed by atoms with Gasteiger partial charge in [0.25, 0.3) is 0 Å². The number of carbonyl (C=O) groups excluding carboxylic acids is 2. The van der Waals surface area contributed by atoms with Crippen molar-refractivity contribution < 1.29 is 14.3 Å². The van der Waals surface area contributed by atoms with Crippen LogP contribution in [0.3, 0.4) is 0 Å². The van der Waals surface area contributed by atoms with Crippen LogP contribution < -0.4 is 5.32 Å². The second kappa shape index (κ2) is 9.15. The van der Waals surface area contributed by atoms with Crippen LogP contribution in [0.25, 0.3) is 0 Å². The summed E-state index contributed by atoms with van der Waals surface area (Å²) in [4.78, 5) is 27.5. The molecule has 0 saturated carbocycles. The fourth-order valence-electron chi connectivity index (χ4n) is 2.14. The lowest BCUT2D eigenvalue weighted by atomic mass is 10.2. The molecule has 1 heterocycles. The van der Waals surface area contributed by atoms with Gasteiger partial charge in [0.15, 0.2) is 0 Å². The molecule has 0 aliphatic carbocycles. The Morgan fingerprint density at radius 2 is 1.46 bits per heavy atom. The van der Waals surface area contributed by atoms with Crippen molar-refractivity contribution in [2.45, 2.75) is 40.2 Å². The van der Waals surface area contributed by atoms with Crippen LogP contribution in [0.2, 0.25) is 0 Å². The molecule has 134 valence electrons. The summed E-state index contributed by atoms with van der Waals surface area (Å²) in [5.41, 5.74) is 0.265. The summed E-state index contributed by atoms with van der Waals surface area (Å²) >= 11 is 0. The van der Waals surface area contributed by atoms with E-state index in [4.69, 9.17) is 4.74 Å². The maximum Gasteiger partial charge on any atom is 0.410 e. The first-order chi connectivity index (χ1) is 11.3. The van der Waals surface area contributed by atoms with Gasteiger partial charge in [0.2, 0.25) is 0 Å². The van der Waals surface area contributed by atoms with Gasteiger partial charge in [0.1, 0.15) is 5.60 Å². The Hall–Kier alpha value is -2.24. The third-order valence-electron chi connectivity index (χ3n) is 3.24. The van der Waals surface area contributed by atoms with Crippen molar-refractivity contribution in [3.8, 4) is 0 Å². The van der Waals surface area contributed by atoms with Crippen LogP contribution in [0.5, 0.6) is 0 Å². The molecule has 1 aliphatic heterocycles. The normalized spacial score (nSPS) is 14.4. The molecule has 1 fully saturated rings. The SMILES string of the molecule is CC.CC(C)(C)OC(=O)N1CCN(C(=O)Nc2ccccc2)CC1. The molecule has 2 rings (SSSR count). The largest absolute Gasteiger partial charge is 0.444 e. The minimum atomic E-state index is -0.501. The highest BCUT2D eigenvalue weighted by Crippen LogP contribution is 2.13. The highest BCUT2D eigenvalue weighted by Gasteiger charge is 2.27. The molecule has 0 radical (unpaired) electrons. The molecular formula is C18H29N3O3. The number of para-hydroxylation sites is 1. The van der Waals surface area contributed by atoms with Gasteiger partial charge in [-0.2, -0.15) is 0 Å². The Labute approximate surface area is 144 Å². The summed E-state index contributed by atoms with van der Waals surface area (Å²) in [6.07, 6.45) is -0.324. The molecular weight excluding hydrogens is 306 g/mol. The zero-order valence-electron chi connectivity index (χ0n) is 15.3. The molecule has 3 amide bonds. The van der Waals surface area contributed by atoms with Crippen LogP contribution in [0.4, 0.5) is 15.3 Å². The van der Waals surface area contributed by atoms with E-state index in [-0.39, 0.29) is 12.1 Å². The third-order valence-corrected chi connectivity index (χ3v) is 3.24. The Morgan fingerprint density at radius 1 is 0.958 bits per heavy atom. The molecule has 0 aromatic heterocycles. The van der Waals surface area contributed by atoms with Crippen molar-refractivity contribution in [1.82, 2.24) is 9.80 Å². The van der Waals surface area contributed by atoms with Crippen molar-refractivity contribution in [2.75, 3.05) is 31.5 Å². The predicted octanol–water partition coefficient (Wildman–Crippen LogP) is 3.80. The fraction of sp³-hybridized carbons (Fsp3) is 0.556. The van der Waals surface area contributed by atoms with E-state index in [9.17, 15) is 9.59 Å². The molecule has 1 aromatic carbocycles. The second-order valence-electron chi connectivity index (χ2n) is 6.25. The molecule has 0 bridgehead atoms. The van der Waals surface area contributed by atoms with Crippen molar-refractivity contribution in [3.05, 3.63) is 30.3 Å². The summed E-state index contributed by atoms with van der Waals surface area (Å²) in [6, 6.07) is 9.18. The highest BCUT2D eigenvalue weighted by atomic mass is 16.6. The van der Waals surface area contributed by atoms with Gasteiger partial charge >= 0.3 is 12.1 Å². The molecule has 6 nitrogen and oxygen atoms in total. The van der Waals surface area contributed by atoms with Crippen LogP contribution >= 0.6 is 0 Å². The van der Waals surface area contributed by atoms with E-state index in [1.54, 1.807) is 9.80 Å². The van der Waals surface area contributed by atoms with Crippen molar-refractivity contribution >= 4 is 17.8 Å². The summed E-state index contributed by atoms with van der Waals surface area (Å²) in [7, 11) is 0. The quantitative estimate of drug-likeness (QED) is 0.849. The zero-order chi connectivity index (χ0) is 18.2. The lowest BCUT2D eigenvalue weighted by Crippen LogP contribution is -2.52. The monoisotopic (exact) mass is 335 g/mol. The smallest absolute Gasteiger partial charge is 0.410 e. The summed E-state index contributed by atoms with van der Waals surface area (Å²) in [5.74, 6) is 0. The van der Waals surface area contributed by atoms with E-state index in [0.29, 0.717) is 26.2 Å². The average Bonchev–Trinajstić information content (AvgIpc) is 2.56. The number of nitrogens with zero attached hydrogens (tertiary/aromatic N) is 2. The number of hydrogen-bond donors (Lipinski definition) is 1. The number of hydrogen-bond acceptors (Lipinski definition) is 3. The van der Waals surface area contributed by atoms with Crippen molar-refractivity contribution in [2.24, 2.45) is 0 Å². The van der Waals surface area contributed by atoms with Crippen molar-refractivity contribution in [3.63, 3.8) is 0 Å². The fourth-order valence-corrected chi connectivity index (χ4v) is 2.14. The topological polar surface area (TPSA) is 61.9 Å². The number of anilines is 1. The van der Waals surface area contributed by atoms with Crippen LogP contribution in [0.1, 0.15) is 34.6 Å². The molecule has 0 unspecified atom stereocenters. The van der Waals surface area contributed by atoms with Gasteiger partial charge in [-0.05, 0) is 32.9 Å². The van der Waals surface area contributed by atoms with Gasteiger partial charge in [-0.25, -0.2) is 9.59 Å².